The minimum Gasteiger partial charge on any atom is -0.481 e. The van der Waals surface area contributed by atoms with Crippen molar-refractivity contribution in [3.05, 3.63) is 60.0 Å². The molecule has 0 saturated heterocycles. The molecule has 0 bridgehead atoms. The van der Waals surface area contributed by atoms with E-state index in [4.69, 9.17) is 14.5 Å². The third-order valence-corrected chi connectivity index (χ3v) is 3.56. The van der Waals surface area contributed by atoms with Crippen molar-refractivity contribution in [2.24, 2.45) is 0 Å². The number of nitrogens with zero attached hydrogens (tertiary/aromatic N) is 3. The lowest BCUT2D eigenvalue weighted by Crippen LogP contribution is -2.30. The average molecular weight is 348 g/mol. The molecule has 0 spiro atoms. The molecule has 1 N–H and O–H groups in total. The summed E-state index contributed by atoms with van der Waals surface area (Å²) in [6.07, 6.45) is -0.736. The van der Waals surface area contributed by atoms with Crippen LogP contribution in [0.4, 0.5) is 5.69 Å². The summed E-state index contributed by atoms with van der Waals surface area (Å²) in [6, 6.07) is 15.8. The van der Waals surface area contributed by atoms with Crippen LogP contribution in [0.2, 0.25) is 0 Å². The van der Waals surface area contributed by atoms with Gasteiger partial charge in [-0.3, -0.25) is 4.79 Å². The van der Waals surface area contributed by atoms with Crippen molar-refractivity contribution >= 4 is 11.6 Å². The summed E-state index contributed by atoms with van der Waals surface area (Å²) >= 11 is 0. The normalized spacial score (nSPS) is 11.4. The van der Waals surface area contributed by atoms with Gasteiger partial charge in [0.15, 0.2) is 6.10 Å². The van der Waals surface area contributed by atoms with E-state index in [2.05, 4.69) is 15.5 Å². The number of amides is 1. The summed E-state index contributed by atoms with van der Waals surface area (Å²) in [6.45, 7) is 3.35. The molecule has 0 aliphatic rings. The molecule has 7 nitrogen and oxygen atoms in total. The molecule has 0 fully saturated rings. The highest BCUT2D eigenvalue weighted by atomic mass is 16.5. The molecule has 0 aliphatic heterocycles. The zero-order chi connectivity index (χ0) is 18.5. The van der Waals surface area contributed by atoms with Crippen molar-refractivity contribution in [3.8, 4) is 23.2 Å². The van der Waals surface area contributed by atoms with Gasteiger partial charge in [0.1, 0.15) is 5.75 Å². The first-order chi connectivity index (χ1) is 12.5. The number of benzene rings is 2. The quantitative estimate of drug-likeness (QED) is 0.759. The molecule has 130 valence electrons. The maximum Gasteiger partial charge on any atom is 0.265 e. The topological polar surface area (TPSA) is 101 Å². The van der Waals surface area contributed by atoms with Gasteiger partial charge < -0.3 is 14.6 Å². The summed E-state index contributed by atoms with van der Waals surface area (Å²) < 4.78 is 10.6. The Labute approximate surface area is 150 Å². The smallest absolute Gasteiger partial charge is 0.265 e. The largest absolute Gasteiger partial charge is 0.481 e. The molecule has 7 heteroatoms. The Morgan fingerprint density at radius 1 is 1.27 bits per heavy atom. The van der Waals surface area contributed by atoms with Gasteiger partial charge in [-0.15, -0.1) is 0 Å². The Hall–Kier alpha value is -3.66. The summed E-state index contributed by atoms with van der Waals surface area (Å²) in [5.74, 6) is 1.07. The van der Waals surface area contributed by atoms with Crippen LogP contribution in [0.25, 0.3) is 11.4 Å². The minimum absolute atomic E-state index is 0.311. The van der Waals surface area contributed by atoms with Crippen LogP contribution >= 0.6 is 0 Å². The van der Waals surface area contributed by atoms with Gasteiger partial charge in [0.2, 0.25) is 11.7 Å². The molecule has 0 aliphatic carbocycles. The predicted octanol–water partition coefficient (Wildman–Crippen LogP) is 3.32. The molecule has 1 aromatic heterocycles. The van der Waals surface area contributed by atoms with Crippen molar-refractivity contribution in [3.63, 3.8) is 0 Å². The lowest BCUT2D eigenvalue weighted by molar-refractivity contribution is -0.122. The average Bonchev–Trinajstić information content (AvgIpc) is 3.08. The highest BCUT2D eigenvalue weighted by Gasteiger charge is 2.16. The second-order valence-corrected chi connectivity index (χ2v) is 5.61. The van der Waals surface area contributed by atoms with E-state index in [0.717, 1.165) is 5.56 Å². The Balaban J connectivity index is 1.68. The van der Waals surface area contributed by atoms with Gasteiger partial charge in [0.25, 0.3) is 5.91 Å². The lowest BCUT2D eigenvalue weighted by Gasteiger charge is -2.15. The number of nitriles is 1. The van der Waals surface area contributed by atoms with Crippen molar-refractivity contribution in [2.45, 2.75) is 20.0 Å². The number of ether oxygens (including phenoxy) is 1. The van der Waals surface area contributed by atoms with E-state index < -0.39 is 6.10 Å². The van der Waals surface area contributed by atoms with Crippen LogP contribution in [0.15, 0.2) is 53.1 Å². The molecule has 1 unspecified atom stereocenters. The van der Waals surface area contributed by atoms with Gasteiger partial charge in [-0.2, -0.15) is 10.2 Å². The Morgan fingerprint density at radius 2 is 2.08 bits per heavy atom. The van der Waals surface area contributed by atoms with E-state index in [-0.39, 0.29) is 5.91 Å². The first kappa shape index (κ1) is 17.2. The van der Waals surface area contributed by atoms with Gasteiger partial charge in [0, 0.05) is 18.2 Å². The summed E-state index contributed by atoms with van der Waals surface area (Å²) in [4.78, 5) is 16.5. The van der Waals surface area contributed by atoms with Crippen LogP contribution in [-0.4, -0.2) is 22.2 Å². The Kier molecular flexibility index (Phi) is 4.94. The van der Waals surface area contributed by atoms with Gasteiger partial charge in [-0.25, -0.2) is 0 Å². The number of aromatic nitrogens is 2. The Morgan fingerprint density at radius 3 is 2.81 bits per heavy atom. The van der Waals surface area contributed by atoms with E-state index >= 15 is 0 Å². The van der Waals surface area contributed by atoms with E-state index in [1.807, 2.05) is 12.1 Å². The van der Waals surface area contributed by atoms with E-state index in [0.29, 0.717) is 28.7 Å². The number of carbonyl (C=O) groups is 1. The molecule has 1 heterocycles. The first-order valence-electron chi connectivity index (χ1n) is 7.93. The molecule has 0 radical (unpaired) electrons. The maximum absolute atomic E-state index is 12.4. The molecule has 1 atom stereocenters. The fraction of sp³-hybridized carbons (Fsp3) is 0.158. The second-order valence-electron chi connectivity index (χ2n) is 5.61. The SMILES string of the molecule is Cc1nc(-c2cccc(NC(=O)C(C)Oc3cccc(C#N)c3)c2)no1. The van der Waals surface area contributed by atoms with Gasteiger partial charge in [0.05, 0.1) is 11.6 Å². The number of hydrogen-bond acceptors (Lipinski definition) is 6. The highest BCUT2D eigenvalue weighted by molar-refractivity contribution is 5.94. The van der Waals surface area contributed by atoms with Crippen molar-refractivity contribution < 1.29 is 14.1 Å². The van der Waals surface area contributed by atoms with Crippen molar-refractivity contribution in [1.82, 2.24) is 10.1 Å². The van der Waals surface area contributed by atoms with E-state index in [9.17, 15) is 4.79 Å². The fourth-order valence-electron chi connectivity index (χ4n) is 2.29. The monoisotopic (exact) mass is 348 g/mol. The van der Waals surface area contributed by atoms with Gasteiger partial charge >= 0.3 is 0 Å². The summed E-state index contributed by atoms with van der Waals surface area (Å²) in [5, 5.41) is 15.6. The maximum atomic E-state index is 12.4. The highest BCUT2D eigenvalue weighted by Crippen LogP contribution is 2.20. The van der Waals surface area contributed by atoms with E-state index in [1.165, 1.54) is 0 Å². The minimum atomic E-state index is -0.736. The molecule has 3 aromatic rings. The van der Waals surface area contributed by atoms with Crippen LogP contribution in [0, 0.1) is 18.3 Å². The van der Waals surface area contributed by atoms with E-state index in [1.54, 1.807) is 56.3 Å². The fourth-order valence-corrected chi connectivity index (χ4v) is 2.29. The third kappa shape index (κ3) is 4.05. The number of hydrogen-bond donors (Lipinski definition) is 1. The molecule has 26 heavy (non-hydrogen) atoms. The van der Waals surface area contributed by atoms with Crippen LogP contribution < -0.4 is 10.1 Å². The molecule has 0 saturated carbocycles. The zero-order valence-corrected chi connectivity index (χ0v) is 14.3. The molecule has 1 amide bonds. The van der Waals surface area contributed by atoms with Crippen LogP contribution in [-0.2, 0) is 4.79 Å². The number of nitrogens with one attached hydrogen (secondary N) is 1. The third-order valence-electron chi connectivity index (χ3n) is 3.56. The number of rotatable bonds is 5. The van der Waals surface area contributed by atoms with Gasteiger partial charge in [-0.05, 0) is 37.3 Å². The van der Waals surface area contributed by atoms with Crippen molar-refractivity contribution in [2.75, 3.05) is 5.32 Å². The molecular formula is C19H16N4O3. The standard InChI is InChI=1S/C19H16N4O3/c1-12(25-17-8-3-5-14(9-17)11-20)19(24)22-16-7-4-6-15(10-16)18-21-13(2)26-23-18/h3-10,12H,1-2H3,(H,22,24). The van der Waals surface area contributed by atoms with Gasteiger partial charge in [-0.1, -0.05) is 23.4 Å². The number of aryl methyl sites for hydroxylation is 1. The van der Waals surface area contributed by atoms with Crippen molar-refractivity contribution in [1.29, 1.82) is 5.26 Å². The molecule has 2 aromatic carbocycles. The van der Waals surface area contributed by atoms with Crippen LogP contribution in [0.3, 0.4) is 0 Å². The Bertz CT molecular complexity index is 975. The predicted molar refractivity (Wildman–Crippen MR) is 94.3 cm³/mol. The zero-order valence-electron chi connectivity index (χ0n) is 14.3. The molecular weight excluding hydrogens is 332 g/mol. The second kappa shape index (κ2) is 7.49. The number of carbonyl (C=O) groups excluding carboxylic acids is 1. The first-order valence-corrected chi connectivity index (χ1v) is 7.93. The van der Waals surface area contributed by atoms with Crippen LogP contribution in [0.1, 0.15) is 18.4 Å². The lowest BCUT2D eigenvalue weighted by atomic mass is 10.2. The van der Waals surface area contributed by atoms with Crippen LogP contribution in [0.5, 0.6) is 5.75 Å². The summed E-state index contributed by atoms with van der Waals surface area (Å²) in [7, 11) is 0. The molecule has 3 rings (SSSR count). The number of anilines is 1. The summed E-state index contributed by atoms with van der Waals surface area (Å²) in [5.41, 5.74) is 1.80.